The van der Waals surface area contributed by atoms with E-state index in [0.29, 0.717) is 53.9 Å². The van der Waals surface area contributed by atoms with Crippen LogP contribution < -0.4 is 10.1 Å². The third-order valence-electron chi connectivity index (χ3n) is 7.82. The summed E-state index contributed by atoms with van der Waals surface area (Å²) in [7, 11) is 0. The van der Waals surface area contributed by atoms with E-state index in [9.17, 15) is 9.59 Å². The molecule has 1 saturated heterocycles. The fourth-order valence-electron chi connectivity index (χ4n) is 5.73. The first kappa shape index (κ1) is 25.5. The lowest BCUT2D eigenvalue weighted by Gasteiger charge is -2.42. The number of nitrogens with one attached hydrogen (secondary N) is 1. The number of hydrogen-bond acceptors (Lipinski definition) is 6. The number of ether oxygens (including phenoxy) is 2. The van der Waals surface area contributed by atoms with E-state index >= 15 is 0 Å². The first-order valence-corrected chi connectivity index (χ1v) is 13.9. The van der Waals surface area contributed by atoms with E-state index in [0.717, 1.165) is 60.6 Å². The number of Topliss-reactive ketones (excluding diaryl/α,β-unsaturated/α-hetero) is 1. The molecule has 1 N–H and O–H groups in total. The smallest absolute Gasteiger partial charge is 0.254 e. The lowest BCUT2D eigenvalue weighted by molar-refractivity contribution is -0.125. The van der Waals surface area contributed by atoms with Crippen LogP contribution in [0.5, 0.6) is 5.75 Å². The minimum Gasteiger partial charge on any atom is -0.483 e. The monoisotopic (exact) mass is 551 g/mol. The molecule has 2 aromatic carbocycles. The molecule has 0 radical (unpaired) electrons. The van der Waals surface area contributed by atoms with Crippen LogP contribution in [0.2, 0.25) is 5.02 Å². The average Bonchev–Trinajstić information content (AvgIpc) is 2.92. The molecule has 0 unspecified atom stereocenters. The third-order valence-corrected chi connectivity index (χ3v) is 8.51. The van der Waals surface area contributed by atoms with Crippen molar-refractivity contribution in [3.05, 3.63) is 68.8 Å². The summed E-state index contributed by atoms with van der Waals surface area (Å²) in [5.41, 5.74) is 2.97. The summed E-state index contributed by atoms with van der Waals surface area (Å²) < 4.78 is 14.9. The summed E-state index contributed by atoms with van der Waals surface area (Å²) in [4.78, 5) is 27.8. The van der Waals surface area contributed by atoms with Gasteiger partial charge in [-0.2, -0.15) is 0 Å². The standard InChI is InChI=1S/C29H30ClN3O4S/c30-21-3-1-19(2-4-21)15-31-28(35)24-17-33-18-29(7-5-22(34)6-8-29)37-25-14-20(13-23(26(25)33)27(24)38)16-32-9-11-36-12-10-32/h1-4,13-14,17H,5-12,15-16,18H2,(H,31,35). The number of aromatic nitrogens is 1. The van der Waals surface area contributed by atoms with E-state index in [1.165, 1.54) is 0 Å². The van der Waals surface area contributed by atoms with Crippen molar-refractivity contribution in [1.82, 2.24) is 14.8 Å². The number of amides is 1. The van der Waals surface area contributed by atoms with Crippen LogP contribution in [0.15, 0.2) is 42.6 Å². The first-order valence-electron chi connectivity index (χ1n) is 13.1. The van der Waals surface area contributed by atoms with Crippen molar-refractivity contribution in [3.8, 4) is 5.75 Å². The molecule has 6 rings (SSSR count). The van der Waals surface area contributed by atoms with Crippen molar-refractivity contribution in [2.24, 2.45) is 0 Å². The molecule has 1 saturated carbocycles. The van der Waals surface area contributed by atoms with Crippen molar-refractivity contribution >= 4 is 46.4 Å². The van der Waals surface area contributed by atoms with Crippen LogP contribution in [-0.2, 0) is 29.2 Å². The Labute approximate surface area is 231 Å². The SMILES string of the molecule is O=C1CCC2(CC1)Cn1cc(C(=O)NCc3ccc(Cl)cc3)c(=S)c3cc(CN4CCOCC4)cc(c31)O2. The Hall–Kier alpha value is -2.78. The Morgan fingerprint density at radius 1 is 1.08 bits per heavy atom. The Bertz CT molecular complexity index is 1450. The minimum absolute atomic E-state index is 0.213. The van der Waals surface area contributed by atoms with Crippen LogP contribution in [0.4, 0.5) is 0 Å². The molecule has 3 aliphatic rings. The van der Waals surface area contributed by atoms with Gasteiger partial charge >= 0.3 is 0 Å². The maximum absolute atomic E-state index is 13.4. The number of carbonyl (C=O) groups excluding carboxylic acids is 2. The van der Waals surface area contributed by atoms with Gasteiger partial charge in [-0.3, -0.25) is 14.5 Å². The van der Waals surface area contributed by atoms with Gasteiger partial charge in [-0.1, -0.05) is 36.0 Å². The maximum atomic E-state index is 13.4. The van der Waals surface area contributed by atoms with Gasteiger partial charge in [0.25, 0.3) is 5.91 Å². The van der Waals surface area contributed by atoms with Gasteiger partial charge in [-0.05, 0) is 48.2 Å². The van der Waals surface area contributed by atoms with E-state index in [1.54, 1.807) is 0 Å². The zero-order valence-corrected chi connectivity index (χ0v) is 22.7. The number of nitrogens with zero attached hydrogens (tertiary/aromatic N) is 2. The van der Waals surface area contributed by atoms with Gasteiger partial charge in [-0.15, -0.1) is 0 Å². The fourth-order valence-corrected chi connectivity index (χ4v) is 6.16. The van der Waals surface area contributed by atoms with Crippen molar-refractivity contribution in [1.29, 1.82) is 0 Å². The number of benzene rings is 2. The number of morpholine rings is 1. The number of carbonyl (C=O) groups is 2. The highest BCUT2D eigenvalue weighted by atomic mass is 35.5. The zero-order valence-electron chi connectivity index (χ0n) is 21.1. The molecule has 1 spiro atoms. The highest BCUT2D eigenvalue weighted by Crippen LogP contribution is 2.42. The van der Waals surface area contributed by atoms with Gasteiger partial charge in [0, 0.05) is 55.6 Å². The van der Waals surface area contributed by atoms with Crippen LogP contribution in [0.1, 0.15) is 47.2 Å². The van der Waals surface area contributed by atoms with Gasteiger partial charge in [0.15, 0.2) is 0 Å². The van der Waals surface area contributed by atoms with E-state index in [-0.39, 0.29) is 11.7 Å². The number of ketones is 1. The molecular weight excluding hydrogens is 522 g/mol. The van der Waals surface area contributed by atoms with Crippen LogP contribution in [-0.4, -0.2) is 53.1 Å². The fraction of sp³-hybridized carbons (Fsp3) is 0.414. The molecule has 38 heavy (non-hydrogen) atoms. The van der Waals surface area contributed by atoms with Gasteiger partial charge < -0.3 is 19.4 Å². The quantitative estimate of drug-likeness (QED) is 0.447. The highest BCUT2D eigenvalue weighted by Gasteiger charge is 2.41. The van der Waals surface area contributed by atoms with Gasteiger partial charge in [-0.25, -0.2) is 0 Å². The number of pyridine rings is 1. The molecule has 3 aromatic rings. The molecule has 3 heterocycles. The summed E-state index contributed by atoms with van der Waals surface area (Å²) in [5, 5.41) is 4.52. The number of rotatable bonds is 5. The third kappa shape index (κ3) is 5.10. The highest BCUT2D eigenvalue weighted by molar-refractivity contribution is 7.71. The second-order valence-corrected chi connectivity index (χ2v) is 11.4. The largest absolute Gasteiger partial charge is 0.483 e. The maximum Gasteiger partial charge on any atom is 0.254 e. The van der Waals surface area contributed by atoms with Gasteiger partial charge in [0.05, 0.1) is 35.3 Å². The van der Waals surface area contributed by atoms with Crippen LogP contribution in [0.25, 0.3) is 10.9 Å². The molecule has 1 amide bonds. The second-order valence-electron chi connectivity index (χ2n) is 10.5. The summed E-state index contributed by atoms with van der Waals surface area (Å²) in [6.07, 6.45) is 4.23. The van der Waals surface area contributed by atoms with Crippen molar-refractivity contribution in [2.45, 2.75) is 50.9 Å². The van der Waals surface area contributed by atoms with E-state index in [1.807, 2.05) is 30.5 Å². The van der Waals surface area contributed by atoms with E-state index in [2.05, 4.69) is 26.9 Å². The van der Waals surface area contributed by atoms with E-state index < -0.39 is 5.60 Å². The van der Waals surface area contributed by atoms with Crippen molar-refractivity contribution < 1.29 is 19.1 Å². The van der Waals surface area contributed by atoms with Crippen LogP contribution in [0, 0.1) is 4.51 Å². The molecule has 0 bridgehead atoms. The van der Waals surface area contributed by atoms with Crippen molar-refractivity contribution in [2.75, 3.05) is 26.3 Å². The predicted octanol–water partition coefficient (Wildman–Crippen LogP) is 5.06. The molecule has 7 nitrogen and oxygen atoms in total. The summed E-state index contributed by atoms with van der Waals surface area (Å²) in [6, 6.07) is 11.6. The number of halogens is 1. The van der Waals surface area contributed by atoms with Crippen LogP contribution >= 0.6 is 23.8 Å². The molecule has 1 aromatic heterocycles. The molecular formula is C29H30ClN3O4S. The Kier molecular flexibility index (Phi) is 6.99. The second kappa shape index (κ2) is 10.4. The summed E-state index contributed by atoms with van der Waals surface area (Å²) in [6.45, 7) is 4.89. The Balaban J connectivity index is 1.38. The normalized spacial score (nSPS) is 18.9. The molecule has 0 atom stereocenters. The molecule has 9 heteroatoms. The summed E-state index contributed by atoms with van der Waals surface area (Å²) in [5.74, 6) is 0.852. The first-order chi connectivity index (χ1) is 18.4. The predicted molar refractivity (Wildman–Crippen MR) is 148 cm³/mol. The lowest BCUT2D eigenvalue weighted by Crippen LogP contribution is -2.46. The zero-order chi connectivity index (χ0) is 26.3. The molecule has 2 aliphatic heterocycles. The van der Waals surface area contributed by atoms with Gasteiger partial charge in [0.2, 0.25) is 0 Å². The van der Waals surface area contributed by atoms with Crippen molar-refractivity contribution in [3.63, 3.8) is 0 Å². The molecule has 1 aliphatic carbocycles. The Morgan fingerprint density at radius 2 is 1.82 bits per heavy atom. The number of hydrogen-bond donors (Lipinski definition) is 1. The van der Waals surface area contributed by atoms with Gasteiger partial charge in [0.1, 0.15) is 17.1 Å². The van der Waals surface area contributed by atoms with Crippen LogP contribution in [0.3, 0.4) is 0 Å². The topological polar surface area (TPSA) is 72.8 Å². The Morgan fingerprint density at radius 3 is 2.55 bits per heavy atom. The van der Waals surface area contributed by atoms with E-state index in [4.69, 9.17) is 33.3 Å². The minimum atomic E-state index is -0.462. The lowest BCUT2D eigenvalue weighted by atomic mass is 9.82. The average molecular weight is 552 g/mol. The molecule has 198 valence electrons. The molecule has 2 fully saturated rings. The summed E-state index contributed by atoms with van der Waals surface area (Å²) >= 11 is 11.9.